The molecule has 10 heteroatoms. The van der Waals surface area contributed by atoms with Crippen LogP contribution in [-0.2, 0) is 19.7 Å². The van der Waals surface area contributed by atoms with Crippen LogP contribution in [0.2, 0.25) is 0 Å². The monoisotopic (exact) mass is 445 g/mol. The summed E-state index contributed by atoms with van der Waals surface area (Å²) in [6.07, 6.45) is 5.46. The van der Waals surface area contributed by atoms with Gasteiger partial charge in [-0.15, -0.1) is 0 Å². The highest BCUT2D eigenvalue weighted by Gasteiger charge is 2.50. The fourth-order valence-corrected chi connectivity index (χ4v) is 4.35. The number of alkyl halides is 3. The van der Waals surface area contributed by atoms with E-state index < -0.39 is 26.8 Å². The Balaban J connectivity index is 1.89. The average Bonchev–Trinajstić information content (AvgIpc) is 3.20. The zero-order valence-electron chi connectivity index (χ0n) is 16.4. The van der Waals surface area contributed by atoms with Gasteiger partial charge < -0.3 is 13.7 Å². The Hall–Kier alpha value is -2.41. The minimum atomic E-state index is -5.79. The Labute approximate surface area is 173 Å². The number of nitrogens with zero attached hydrogens (tertiary/aromatic N) is 1. The van der Waals surface area contributed by atoms with E-state index in [0.717, 1.165) is 25.7 Å². The molecular formula is C20H22F3NO5S. The Kier molecular flexibility index (Phi) is 6.22. The van der Waals surface area contributed by atoms with E-state index in [1.165, 1.54) is 13.2 Å². The highest BCUT2D eigenvalue weighted by Crippen LogP contribution is 2.44. The zero-order valence-corrected chi connectivity index (χ0v) is 17.2. The first kappa shape index (κ1) is 22.3. The lowest BCUT2D eigenvalue weighted by atomic mass is 9.72. The van der Waals surface area contributed by atoms with Crippen LogP contribution in [0.1, 0.15) is 50.5 Å². The Bertz CT molecular complexity index is 962. The van der Waals surface area contributed by atoms with Crippen molar-refractivity contribution in [3.05, 3.63) is 35.6 Å². The first-order valence-corrected chi connectivity index (χ1v) is 11.0. The van der Waals surface area contributed by atoms with Gasteiger partial charge in [-0.25, -0.2) is 0 Å². The van der Waals surface area contributed by atoms with Gasteiger partial charge in [-0.2, -0.15) is 26.9 Å². The van der Waals surface area contributed by atoms with Crippen LogP contribution >= 0.6 is 0 Å². The second-order valence-electron chi connectivity index (χ2n) is 7.45. The summed E-state index contributed by atoms with van der Waals surface area (Å²) in [5.41, 5.74) is -6.27. The van der Waals surface area contributed by atoms with Crippen LogP contribution in [0.15, 0.2) is 30.0 Å². The number of halogens is 3. The quantitative estimate of drug-likeness (QED) is 0.466. The molecule has 6 nitrogen and oxygen atoms in total. The standard InChI is InChI=1S/C20H22F3NO5S/c1-27-17-9-8-14(11-18(17)28-15-5-2-3-6-15)19(13-24)10-4-7-16(12-19)29-30(25,26)20(21,22)23/h7-9,11,15H,2-6,10,12H2,1H3. The SMILES string of the molecule is COc1ccc(C2(C#N)CCC=C(OS(=O)(=O)C(F)(F)F)C2)cc1OC1CCCC1. The van der Waals surface area contributed by atoms with Gasteiger partial charge in [0.05, 0.1) is 24.7 Å². The summed E-state index contributed by atoms with van der Waals surface area (Å²) in [6.45, 7) is 0. The van der Waals surface area contributed by atoms with E-state index in [1.807, 2.05) is 0 Å². The van der Waals surface area contributed by atoms with Crippen LogP contribution in [0.5, 0.6) is 11.5 Å². The van der Waals surface area contributed by atoms with E-state index in [-0.39, 0.29) is 18.9 Å². The Morgan fingerprint density at radius 3 is 2.50 bits per heavy atom. The molecule has 1 aromatic carbocycles. The minimum absolute atomic E-state index is 0.0364. The van der Waals surface area contributed by atoms with Crippen LogP contribution < -0.4 is 9.47 Å². The van der Waals surface area contributed by atoms with Gasteiger partial charge in [-0.05, 0) is 62.3 Å². The summed E-state index contributed by atoms with van der Waals surface area (Å²) in [7, 11) is -4.30. The van der Waals surface area contributed by atoms with Crippen LogP contribution in [0.3, 0.4) is 0 Å². The van der Waals surface area contributed by atoms with E-state index in [2.05, 4.69) is 10.3 Å². The molecule has 2 aliphatic carbocycles. The molecule has 1 aromatic rings. The topological polar surface area (TPSA) is 85.6 Å². The molecular weight excluding hydrogens is 423 g/mol. The molecule has 0 aliphatic heterocycles. The highest BCUT2D eigenvalue weighted by atomic mass is 32.2. The molecule has 1 fully saturated rings. The van der Waals surface area contributed by atoms with Crippen LogP contribution in [0.25, 0.3) is 0 Å². The van der Waals surface area contributed by atoms with Gasteiger partial charge in [0, 0.05) is 6.42 Å². The maximum atomic E-state index is 12.7. The van der Waals surface area contributed by atoms with E-state index in [4.69, 9.17) is 9.47 Å². The second kappa shape index (κ2) is 8.38. The number of hydrogen-bond acceptors (Lipinski definition) is 6. The van der Waals surface area contributed by atoms with E-state index >= 15 is 0 Å². The van der Waals surface area contributed by atoms with E-state index in [1.54, 1.807) is 18.2 Å². The number of ether oxygens (including phenoxy) is 2. The number of hydrogen-bond donors (Lipinski definition) is 0. The molecule has 1 atom stereocenters. The third kappa shape index (κ3) is 4.51. The lowest BCUT2D eigenvalue weighted by Crippen LogP contribution is -2.31. The van der Waals surface area contributed by atoms with Crippen molar-refractivity contribution in [2.75, 3.05) is 7.11 Å². The van der Waals surface area contributed by atoms with E-state index in [9.17, 15) is 26.9 Å². The molecule has 0 N–H and O–H groups in total. The molecule has 0 saturated heterocycles. The van der Waals surface area contributed by atoms with Crippen molar-refractivity contribution < 1.29 is 35.2 Å². The van der Waals surface area contributed by atoms with Crippen molar-refractivity contribution in [1.29, 1.82) is 5.26 Å². The average molecular weight is 445 g/mol. The Morgan fingerprint density at radius 1 is 1.20 bits per heavy atom. The van der Waals surface area contributed by atoms with Gasteiger partial charge in [0.15, 0.2) is 11.5 Å². The third-order valence-corrected chi connectivity index (χ3v) is 6.45. The summed E-state index contributed by atoms with van der Waals surface area (Å²) >= 11 is 0. The summed E-state index contributed by atoms with van der Waals surface area (Å²) < 4.78 is 76.5. The predicted octanol–water partition coefficient (Wildman–Crippen LogP) is 4.71. The molecule has 30 heavy (non-hydrogen) atoms. The normalized spacial score (nSPS) is 22.8. The van der Waals surface area contributed by atoms with Crippen LogP contribution in [0.4, 0.5) is 13.2 Å². The number of methoxy groups -OCH3 is 1. The summed E-state index contributed by atoms with van der Waals surface area (Å²) in [5.74, 6) is 0.548. The van der Waals surface area contributed by atoms with Crippen molar-refractivity contribution in [3.8, 4) is 17.6 Å². The summed E-state index contributed by atoms with van der Waals surface area (Å²) in [4.78, 5) is 0. The molecule has 2 aliphatic rings. The lowest BCUT2D eigenvalue weighted by molar-refractivity contribution is -0.0525. The molecule has 3 rings (SSSR count). The van der Waals surface area contributed by atoms with Crippen molar-refractivity contribution >= 4 is 10.1 Å². The van der Waals surface area contributed by atoms with Gasteiger partial charge in [-0.1, -0.05) is 6.07 Å². The molecule has 0 spiro atoms. The smallest absolute Gasteiger partial charge is 0.493 e. The highest BCUT2D eigenvalue weighted by molar-refractivity contribution is 7.87. The third-order valence-electron chi connectivity index (χ3n) is 5.45. The fraction of sp³-hybridized carbons (Fsp3) is 0.550. The van der Waals surface area contributed by atoms with Gasteiger partial charge in [-0.3, -0.25) is 0 Å². The number of nitriles is 1. The minimum Gasteiger partial charge on any atom is -0.493 e. The molecule has 0 aromatic heterocycles. The van der Waals surface area contributed by atoms with Crippen LogP contribution in [-0.4, -0.2) is 27.1 Å². The molecule has 164 valence electrons. The molecule has 1 unspecified atom stereocenters. The van der Waals surface area contributed by atoms with Crippen molar-refractivity contribution in [1.82, 2.24) is 0 Å². The van der Waals surface area contributed by atoms with Crippen molar-refractivity contribution in [3.63, 3.8) is 0 Å². The van der Waals surface area contributed by atoms with Gasteiger partial charge >= 0.3 is 15.6 Å². The van der Waals surface area contributed by atoms with Gasteiger partial charge in [0.1, 0.15) is 5.76 Å². The largest absolute Gasteiger partial charge is 0.534 e. The molecule has 0 heterocycles. The van der Waals surface area contributed by atoms with Gasteiger partial charge in [0.2, 0.25) is 0 Å². The van der Waals surface area contributed by atoms with Crippen LogP contribution in [0, 0.1) is 11.3 Å². The first-order chi connectivity index (χ1) is 14.1. The predicted molar refractivity (Wildman–Crippen MR) is 101 cm³/mol. The molecule has 0 bridgehead atoms. The number of rotatable bonds is 6. The zero-order chi connectivity index (χ0) is 22.0. The lowest BCUT2D eigenvalue weighted by Gasteiger charge is -2.31. The molecule has 0 radical (unpaired) electrons. The maximum Gasteiger partial charge on any atom is 0.534 e. The summed E-state index contributed by atoms with van der Waals surface area (Å²) in [5, 5.41) is 9.90. The number of allylic oxidation sites excluding steroid dienone is 2. The van der Waals surface area contributed by atoms with Crippen molar-refractivity contribution in [2.45, 2.75) is 62.0 Å². The van der Waals surface area contributed by atoms with E-state index in [0.29, 0.717) is 23.5 Å². The maximum absolute atomic E-state index is 12.7. The summed E-state index contributed by atoms with van der Waals surface area (Å²) in [6, 6.07) is 7.09. The number of benzene rings is 1. The molecule has 0 amide bonds. The second-order valence-corrected chi connectivity index (χ2v) is 8.99. The fourth-order valence-electron chi connectivity index (χ4n) is 3.85. The molecule has 1 saturated carbocycles. The Morgan fingerprint density at radius 2 is 1.90 bits per heavy atom. The van der Waals surface area contributed by atoms with Crippen molar-refractivity contribution in [2.24, 2.45) is 0 Å². The van der Waals surface area contributed by atoms with Gasteiger partial charge in [0.25, 0.3) is 0 Å². The first-order valence-electron chi connectivity index (χ1n) is 9.56.